The predicted molar refractivity (Wildman–Crippen MR) is 112 cm³/mol. The van der Waals surface area contributed by atoms with Crippen molar-refractivity contribution in [3.05, 3.63) is 48.0 Å². The lowest BCUT2D eigenvalue weighted by molar-refractivity contribution is -0.139. The molecule has 1 unspecified atom stereocenters. The Morgan fingerprint density at radius 2 is 1.76 bits per heavy atom. The Kier molecular flexibility index (Phi) is 6.43. The minimum atomic E-state index is -0.426. The molecule has 0 aliphatic rings. The van der Waals surface area contributed by atoms with Gasteiger partial charge in [-0.25, -0.2) is 0 Å². The average Bonchev–Trinajstić information content (AvgIpc) is 3.15. The Balaban J connectivity index is 2.16. The molecule has 1 heterocycles. The van der Waals surface area contributed by atoms with Crippen molar-refractivity contribution in [3.8, 4) is 28.6 Å². The first kappa shape index (κ1) is 20.7. The number of carbonyl (C=O) groups is 1. The highest BCUT2D eigenvalue weighted by Gasteiger charge is 2.23. The normalized spacial score (nSPS) is 11.8. The van der Waals surface area contributed by atoms with E-state index in [0.717, 1.165) is 16.8 Å². The highest BCUT2D eigenvalue weighted by atomic mass is 32.2. The number of esters is 1. The van der Waals surface area contributed by atoms with E-state index in [0.29, 0.717) is 22.5 Å². The molecular weight excluding hydrogens is 390 g/mol. The van der Waals surface area contributed by atoms with Gasteiger partial charge in [0.15, 0.2) is 22.5 Å². The standard InChI is InChI=1S/C21H23N3O4S/c1-13-8-6-7-9-16(13)24-19(15-10-11-17(26-3)18(12-15)27-4)22-23-21(24)29-14(2)20(25)28-5/h6-12,14H,1-5H3. The molecule has 29 heavy (non-hydrogen) atoms. The molecule has 0 aliphatic heterocycles. The van der Waals surface area contributed by atoms with Crippen molar-refractivity contribution in [2.24, 2.45) is 0 Å². The Bertz CT molecular complexity index is 1020. The third-order valence-corrected chi connectivity index (χ3v) is 5.47. The van der Waals surface area contributed by atoms with E-state index >= 15 is 0 Å². The first-order valence-corrected chi connectivity index (χ1v) is 9.86. The summed E-state index contributed by atoms with van der Waals surface area (Å²) in [6, 6.07) is 13.5. The Hall–Kier alpha value is -3.00. The van der Waals surface area contributed by atoms with E-state index in [1.54, 1.807) is 21.1 Å². The molecule has 0 spiro atoms. The Labute approximate surface area is 174 Å². The zero-order valence-electron chi connectivity index (χ0n) is 17.0. The number of aromatic nitrogens is 3. The molecule has 0 fully saturated rings. The zero-order chi connectivity index (χ0) is 21.0. The van der Waals surface area contributed by atoms with Crippen LogP contribution in [0.4, 0.5) is 0 Å². The summed E-state index contributed by atoms with van der Waals surface area (Å²) in [7, 11) is 4.56. The first-order valence-electron chi connectivity index (χ1n) is 8.98. The molecule has 0 saturated carbocycles. The van der Waals surface area contributed by atoms with Crippen LogP contribution in [-0.2, 0) is 9.53 Å². The number of hydrogen-bond donors (Lipinski definition) is 0. The van der Waals surface area contributed by atoms with Gasteiger partial charge in [-0.05, 0) is 43.7 Å². The van der Waals surface area contributed by atoms with Crippen LogP contribution in [0.25, 0.3) is 17.1 Å². The van der Waals surface area contributed by atoms with E-state index in [-0.39, 0.29) is 5.97 Å². The number of hydrogen-bond acceptors (Lipinski definition) is 7. The highest BCUT2D eigenvalue weighted by molar-refractivity contribution is 8.00. The van der Waals surface area contributed by atoms with E-state index in [1.165, 1.54) is 18.9 Å². The van der Waals surface area contributed by atoms with Gasteiger partial charge >= 0.3 is 5.97 Å². The number of aryl methyl sites for hydroxylation is 1. The number of carbonyl (C=O) groups excluding carboxylic acids is 1. The molecule has 1 atom stereocenters. The molecule has 0 bridgehead atoms. The van der Waals surface area contributed by atoms with Crippen LogP contribution < -0.4 is 9.47 Å². The summed E-state index contributed by atoms with van der Waals surface area (Å²) in [6.45, 7) is 3.80. The number of rotatable bonds is 7. The molecule has 3 rings (SSSR count). The molecule has 3 aromatic rings. The molecule has 1 aromatic heterocycles. The summed E-state index contributed by atoms with van der Waals surface area (Å²) >= 11 is 1.30. The quantitative estimate of drug-likeness (QED) is 0.429. The minimum Gasteiger partial charge on any atom is -0.493 e. The van der Waals surface area contributed by atoms with Gasteiger partial charge in [0.1, 0.15) is 5.25 Å². The maximum atomic E-state index is 11.9. The number of nitrogens with zero attached hydrogens (tertiary/aromatic N) is 3. The molecule has 2 aromatic carbocycles. The second-order valence-electron chi connectivity index (χ2n) is 6.28. The molecule has 0 amide bonds. The van der Waals surface area contributed by atoms with Crippen molar-refractivity contribution in [2.45, 2.75) is 24.3 Å². The van der Waals surface area contributed by atoms with Crippen LogP contribution in [0.5, 0.6) is 11.5 Å². The van der Waals surface area contributed by atoms with Crippen LogP contribution in [0.15, 0.2) is 47.6 Å². The third kappa shape index (κ3) is 4.22. The summed E-state index contributed by atoms with van der Waals surface area (Å²) in [5.74, 6) is 1.55. The maximum absolute atomic E-state index is 11.9. The van der Waals surface area contributed by atoms with Gasteiger partial charge < -0.3 is 14.2 Å². The fraction of sp³-hybridized carbons (Fsp3) is 0.286. The van der Waals surface area contributed by atoms with Gasteiger partial charge in [-0.2, -0.15) is 0 Å². The summed E-state index contributed by atoms with van der Waals surface area (Å²) in [5.41, 5.74) is 2.81. The van der Waals surface area contributed by atoms with Crippen molar-refractivity contribution >= 4 is 17.7 Å². The maximum Gasteiger partial charge on any atom is 0.318 e. The molecule has 0 radical (unpaired) electrons. The van der Waals surface area contributed by atoms with E-state index < -0.39 is 5.25 Å². The van der Waals surface area contributed by atoms with E-state index in [1.807, 2.05) is 54.0 Å². The molecule has 152 valence electrons. The predicted octanol–water partition coefficient (Wildman–Crippen LogP) is 3.91. The zero-order valence-corrected chi connectivity index (χ0v) is 17.8. The Morgan fingerprint density at radius 1 is 1.03 bits per heavy atom. The number of benzene rings is 2. The van der Waals surface area contributed by atoms with Crippen LogP contribution in [0.1, 0.15) is 12.5 Å². The van der Waals surface area contributed by atoms with Crippen molar-refractivity contribution in [1.82, 2.24) is 14.8 Å². The van der Waals surface area contributed by atoms with E-state index in [4.69, 9.17) is 14.2 Å². The number of thioether (sulfide) groups is 1. The summed E-state index contributed by atoms with van der Waals surface area (Å²) in [5, 5.41) is 8.95. The molecule has 0 N–H and O–H groups in total. The number of ether oxygens (including phenoxy) is 3. The Morgan fingerprint density at radius 3 is 2.41 bits per heavy atom. The topological polar surface area (TPSA) is 75.5 Å². The summed E-state index contributed by atoms with van der Waals surface area (Å²) in [4.78, 5) is 11.9. The third-order valence-electron chi connectivity index (χ3n) is 4.45. The van der Waals surface area contributed by atoms with Crippen LogP contribution in [0, 0.1) is 6.92 Å². The molecule has 7 nitrogen and oxygen atoms in total. The minimum absolute atomic E-state index is 0.318. The van der Waals surface area contributed by atoms with Crippen molar-refractivity contribution in [3.63, 3.8) is 0 Å². The van der Waals surface area contributed by atoms with Gasteiger partial charge in [0, 0.05) is 5.56 Å². The lowest BCUT2D eigenvalue weighted by Gasteiger charge is -2.15. The van der Waals surface area contributed by atoms with E-state index in [2.05, 4.69) is 10.2 Å². The van der Waals surface area contributed by atoms with Crippen LogP contribution in [0.3, 0.4) is 0 Å². The summed E-state index contributed by atoms with van der Waals surface area (Å²) < 4.78 is 17.6. The molecule has 0 aliphatic carbocycles. The van der Waals surface area contributed by atoms with Gasteiger partial charge in [0.05, 0.1) is 27.0 Å². The van der Waals surface area contributed by atoms with E-state index in [9.17, 15) is 4.79 Å². The monoisotopic (exact) mass is 413 g/mol. The second-order valence-corrected chi connectivity index (χ2v) is 7.59. The van der Waals surface area contributed by atoms with Gasteiger partial charge in [-0.1, -0.05) is 30.0 Å². The molecule has 8 heteroatoms. The summed E-state index contributed by atoms with van der Waals surface area (Å²) in [6.07, 6.45) is 0. The van der Waals surface area contributed by atoms with Crippen molar-refractivity contribution in [1.29, 1.82) is 0 Å². The lowest BCUT2D eigenvalue weighted by Crippen LogP contribution is -2.15. The molecule has 0 saturated heterocycles. The van der Waals surface area contributed by atoms with Gasteiger partial charge in [-0.3, -0.25) is 9.36 Å². The SMILES string of the molecule is COC(=O)C(C)Sc1nnc(-c2ccc(OC)c(OC)c2)n1-c1ccccc1C. The van der Waals surface area contributed by atoms with Crippen molar-refractivity contribution < 1.29 is 19.0 Å². The van der Waals surface area contributed by atoms with Gasteiger partial charge in [0.25, 0.3) is 0 Å². The first-order chi connectivity index (χ1) is 14.0. The fourth-order valence-corrected chi connectivity index (χ4v) is 3.80. The van der Waals surface area contributed by atoms with Crippen molar-refractivity contribution in [2.75, 3.05) is 21.3 Å². The fourth-order valence-electron chi connectivity index (χ4n) is 2.91. The average molecular weight is 413 g/mol. The van der Waals surface area contributed by atoms with Crippen LogP contribution >= 0.6 is 11.8 Å². The van der Waals surface area contributed by atoms with Gasteiger partial charge in [-0.15, -0.1) is 10.2 Å². The second kappa shape index (κ2) is 9.00. The highest BCUT2D eigenvalue weighted by Crippen LogP contribution is 2.35. The largest absolute Gasteiger partial charge is 0.493 e. The van der Waals surface area contributed by atoms with Crippen LogP contribution in [-0.4, -0.2) is 47.3 Å². The number of para-hydroxylation sites is 1. The van der Waals surface area contributed by atoms with Crippen LogP contribution in [0.2, 0.25) is 0 Å². The number of methoxy groups -OCH3 is 3. The molecular formula is C21H23N3O4S. The smallest absolute Gasteiger partial charge is 0.318 e. The van der Waals surface area contributed by atoms with Gasteiger partial charge in [0.2, 0.25) is 0 Å². The lowest BCUT2D eigenvalue weighted by atomic mass is 10.1.